The lowest BCUT2D eigenvalue weighted by Crippen LogP contribution is -2.26. The number of rotatable bonds is 7. The number of nitrogens with one attached hydrogen (secondary N) is 2. The zero-order chi connectivity index (χ0) is 20.8. The first-order valence-corrected chi connectivity index (χ1v) is 10.6. The largest absolute Gasteiger partial charge is 0.461 e. The minimum absolute atomic E-state index is 0.250. The number of carbonyl (C=O) groups is 2. The predicted molar refractivity (Wildman–Crippen MR) is 115 cm³/mol. The zero-order valence-electron chi connectivity index (χ0n) is 16.2. The number of benzene rings is 2. The van der Waals surface area contributed by atoms with Crippen LogP contribution in [0.25, 0.3) is 11.3 Å². The molecule has 0 aliphatic carbocycles. The van der Waals surface area contributed by atoms with Crippen LogP contribution in [0.15, 0.2) is 65.1 Å². The molecule has 0 aliphatic heterocycles. The Hall–Kier alpha value is -3.19. The fourth-order valence-corrected chi connectivity index (χ4v) is 3.58. The van der Waals surface area contributed by atoms with E-state index in [1.807, 2.05) is 50.2 Å². The highest BCUT2D eigenvalue weighted by atomic mass is 32.2. The van der Waals surface area contributed by atoms with E-state index in [-0.39, 0.29) is 11.5 Å². The van der Waals surface area contributed by atoms with E-state index in [0.717, 1.165) is 16.9 Å². The van der Waals surface area contributed by atoms with Crippen molar-refractivity contribution in [3.8, 4) is 11.3 Å². The standard InChI is InChI=1S/C22H22N2O4S/c1-15-7-10-17(11-8-15)23-21(25)13-29(27)14-22(26)24-19-6-4-3-5-18(19)20-12-9-16(2)28-20/h3-12H,13-14H2,1-2H3,(H,23,25)(H,24,26)/t29-/m0/s1. The van der Waals surface area contributed by atoms with Crippen molar-refractivity contribution in [3.05, 3.63) is 72.0 Å². The van der Waals surface area contributed by atoms with Crippen molar-refractivity contribution in [3.63, 3.8) is 0 Å². The van der Waals surface area contributed by atoms with Gasteiger partial charge >= 0.3 is 0 Å². The van der Waals surface area contributed by atoms with Crippen molar-refractivity contribution >= 4 is 34.0 Å². The maximum absolute atomic E-state index is 12.3. The molecule has 0 saturated heterocycles. The van der Waals surface area contributed by atoms with E-state index in [1.54, 1.807) is 24.3 Å². The van der Waals surface area contributed by atoms with Crippen molar-refractivity contribution in [1.82, 2.24) is 0 Å². The summed E-state index contributed by atoms with van der Waals surface area (Å²) in [5, 5.41) is 5.43. The molecule has 3 rings (SSSR count). The first kappa shape index (κ1) is 20.5. The van der Waals surface area contributed by atoms with Gasteiger partial charge in [-0.1, -0.05) is 29.8 Å². The van der Waals surface area contributed by atoms with E-state index in [4.69, 9.17) is 4.42 Å². The number of hydrogen-bond acceptors (Lipinski definition) is 4. The molecule has 2 N–H and O–H groups in total. The minimum Gasteiger partial charge on any atom is -0.461 e. The second-order valence-corrected chi connectivity index (χ2v) is 8.10. The quantitative estimate of drug-likeness (QED) is 0.618. The van der Waals surface area contributed by atoms with E-state index in [1.165, 1.54) is 0 Å². The van der Waals surface area contributed by atoms with Crippen LogP contribution in [0.3, 0.4) is 0 Å². The van der Waals surface area contributed by atoms with Crippen LogP contribution < -0.4 is 10.6 Å². The summed E-state index contributed by atoms with van der Waals surface area (Å²) in [6.07, 6.45) is 0. The molecule has 0 radical (unpaired) electrons. The summed E-state index contributed by atoms with van der Waals surface area (Å²) in [6.45, 7) is 3.79. The molecule has 0 spiro atoms. The number of furan rings is 1. The lowest BCUT2D eigenvalue weighted by Gasteiger charge is -2.10. The normalized spacial score (nSPS) is 11.7. The Morgan fingerprint density at radius 3 is 2.17 bits per heavy atom. The lowest BCUT2D eigenvalue weighted by atomic mass is 10.1. The fourth-order valence-electron chi connectivity index (χ4n) is 2.75. The second-order valence-electron chi connectivity index (χ2n) is 6.65. The Balaban J connectivity index is 1.56. The third kappa shape index (κ3) is 5.89. The molecule has 0 bridgehead atoms. The first-order valence-electron chi connectivity index (χ1n) is 9.08. The molecule has 1 heterocycles. The topological polar surface area (TPSA) is 88.4 Å². The van der Waals surface area contributed by atoms with Crippen LogP contribution in [0.5, 0.6) is 0 Å². The molecule has 7 heteroatoms. The van der Waals surface area contributed by atoms with Crippen molar-refractivity contribution in [1.29, 1.82) is 0 Å². The Kier molecular flexibility index (Phi) is 6.61. The molecule has 0 aliphatic rings. The van der Waals surface area contributed by atoms with Crippen molar-refractivity contribution in [2.24, 2.45) is 0 Å². The van der Waals surface area contributed by atoms with Gasteiger partial charge in [-0.15, -0.1) is 0 Å². The number of carbonyl (C=O) groups excluding carboxylic acids is 2. The monoisotopic (exact) mass is 410 g/mol. The summed E-state index contributed by atoms with van der Waals surface area (Å²) in [5.41, 5.74) is 3.00. The molecule has 150 valence electrons. The van der Waals surface area contributed by atoms with Crippen molar-refractivity contribution < 1.29 is 18.2 Å². The number of anilines is 2. The summed E-state index contributed by atoms with van der Waals surface area (Å²) < 4.78 is 17.9. The molecule has 1 aromatic heterocycles. The van der Waals surface area contributed by atoms with Gasteiger partial charge in [0, 0.05) is 22.1 Å². The number of hydrogen-bond donors (Lipinski definition) is 2. The third-order valence-electron chi connectivity index (χ3n) is 4.13. The first-order chi connectivity index (χ1) is 13.9. The van der Waals surface area contributed by atoms with Gasteiger partial charge in [-0.2, -0.15) is 0 Å². The predicted octanol–water partition coefficient (Wildman–Crippen LogP) is 3.89. The van der Waals surface area contributed by atoms with E-state index in [2.05, 4.69) is 10.6 Å². The van der Waals surface area contributed by atoms with Crippen LogP contribution in [-0.2, 0) is 20.4 Å². The van der Waals surface area contributed by atoms with Crippen LogP contribution in [-0.4, -0.2) is 27.5 Å². The molecular weight excluding hydrogens is 388 g/mol. The van der Waals surface area contributed by atoms with Gasteiger partial charge in [0.25, 0.3) is 0 Å². The maximum Gasteiger partial charge on any atom is 0.237 e. The Bertz CT molecular complexity index is 1040. The highest BCUT2D eigenvalue weighted by molar-refractivity contribution is 7.86. The Labute approximate surface area is 171 Å². The van der Waals surface area contributed by atoms with Gasteiger partial charge in [-0.25, -0.2) is 0 Å². The molecule has 0 saturated carbocycles. The number of aryl methyl sites for hydroxylation is 2. The average Bonchev–Trinajstić information content (AvgIpc) is 3.10. The van der Waals surface area contributed by atoms with E-state index >= 15 is 0 Å². The molecular formula is C22H22N2O4S. The molecule has 0 fully saturated rings. The summed E-state index contributed by atoms with van der Waals surface area (Å²) in [6, 6.07) is 18.2. The van der Waals surface area contributed by atoms with Crippen LogP contribution in [0.2, 0.25) is 0 Å². The van der Waals surface area contributed by atoms with Gasteiger partial charge in [0.05, 0.1) is 5.69 Å². The summed E-state index contributed by atoms with van der Waals surface area (Å²) >= 11 is 0. The van der Waals surface area contributed by atoms with Crippen LogP contribution in [0.1, 0.15) is 11.3 Å². The second kappa shape index (κ2) is 9.34. The summed E-state index contributed by atoms with van der Waals surface area (Å²) in [7, 11) is -1.63. The van der Waals surface area contributed by atoms with Gasteiger partial charge in [-0.05, 0) is 50.2 Å². The van der Waals surface area contributed by atoms with E-state index in [0.29, 0.717) is 17.1 Å². The Morgan fingerprint density at radius 2 is 1.52 bits per heavy atom. The minimum atomic E-state index is -1.63. The summed E-state index contributed by atoms with van der Waals surface area (Å²) in [5.74, 6) is 0.0557. The zero-order valence-corrected chi connectivity index (χ0v) is 17.0. The average molecular weight is 410 g/mol. The van der Waals surface area contributed by atoms with E-state index in [9.17, 15) is 13.8 Å². The van der Waals surface area contributed by atoms with Crippen LogP contribution in [0.4, 0.5) is 11.4 Å². The summed E-state index contributed by atoms with van der Waals surface area (Å²) in [4.78, 5) is 24.4. The smallest absolute Gasteiger partial charge is 0.237 e. The van der Waals surface area contributed by atoms with Crippen molar-refractivity contribution in [2.75, 3.05) is 22.1 Å². The molecule has 3 aromatic rings. The molecule has 2 aromatic carbocycles. The van der Waals surface area contributed by atoms with Gasteiger partial charge in [-0.3, -0.25) is 13.8 Å². The third-order valence-corrected chi connectivity index (χ3v) is 5.29. The molecule has 1 atom stereocenters. The SMILES string of the molecule is Cc1ccc(NC(=O)C[S@](=O)CC(=O)Nc2ccccc2-c2ccc(C)o2)cc1. The van der Waals surface area contributed by atoms with Gasteiger partial charge in [0.2, 0.25) is 11.8 Å². The molecule has 29 heavy (non-hydrogen) atoms. The van der Waals surface area contributed by atoms with Gasteiger partial charge in [0.15, 0.2) is 0 Å². The van der Waals surface area contributed by atoms with Crippen LogP contribution in [0, 0.1) is 13.8 Å². The molecule has 0 unspecified atom stereocenters. The Morgan fingerprint density at radius 1 is 0.862 bits per heavy atom. The lowest BCUT2D eigenvalue weighted by molar-refractivity contribution is -0.114. The molecule has 6 nitrogen and oxygen atoms in total. The highest BCUT2D eigenvalue weighted by Gasteiger charge is 2.15. The maximum atomic E-state index is 12.3. The fraction of sp³-hybridized carbons (Fsp3) is 0.182. The van der Waals surface area contributed by atoms with E-state index < -0.39 is 22.6 Å². The van der Waals surface area contributed by atoms with Crippen LogP contribution >= 0.6 is 0 Å². The number of amides is 2. The highest BCUT2D eigenvalue weighted by Crippen LogP contribution is 2.29. The molecule has 2 amide bonds. The van der Waals surface area contributed by atoms with Gasteiger partial charge in [0.1, 0.15) is 23.0 Å². The number of para-hydroxylation sites is 1. The van der Waals surface area contributed by atoms with Gasteiger partial charge < -0.3 is 15.1 Å². The van der Waals surface area contributed by atoms with Crippen molar-refractivity contribution in [2.45, 2.75) is 13.8 Å².